The molecule has 198 valence electrons. The quantitative estimate of drug-likeness (QED) is 0.192. The number of fused-ring (bicyclic) bond motifs is 4. The van der Waals surface area contributed by atoms with Crippen LogP contribution in [0.15, 0.2) is 82.7 Å². The van der Waals surface area contributed by atoms with E-state index in [2.05, 4.69) is 18.2 Å². The molecule has 0 radical (unpaired) electrons. The Morgan fingerprint density at radius 1 is 1.00 bits per heavy atom. The number of benzene rings is 3. The zero-order valence-electron chi connectivity index (χ0n) is 21.8. The minimum atomic E-state index is -0.239. The molecule has 4 aromatic rings. The van der Waals surface area contributed by atoms with Gasteiger partial charge in [-0.05, 0) is 78.5 Å². The van der Waals surface area contributed by atoms with Crippen molar-refractivity contribution in [3.05, 3.63) is 105 Å². The van der Waals surface area contributed by atoms with Gasteiger partial charge in [0, 0.05) is 22.4 Å². The predicted molar refractivity (Wildman–Crippen MR) is 156 cm³/mol. The molecule has 3 aromatic carbocycles. The Bertz CT molecular complexity index is 1590. The van der Waals surface area contributed by atoms with Crippen LogP contribution in [0.2, 0.25) is 5.02 Å². The molecule has 5 nitrogen and oxygen atoms in total. The summed E-state index contributed by atoms with van der Waals surface area (Å²) in [7, 11) is 1.61. The minimum absolute atomic E-state index is 0.0802. The van der Waals surface area contributed by atoms with Crippen molar-refractivity contribution < 1.29 is 9.53 Å². The molecule has 1 heterocycles. The summed E-state index contributed by atoms with van der Waals surface area (Å²) in [5.41, 5.74) is 4.96. The van der Waals surface area contributed by atoms with Crippen LogP contribution in [-0.2, 0) is 23.1 Å². The van der Waals surface area contributed by atoms with E-state index in [1.165, 1.54) is 12.0 Å². The van der Waals surface area contributed by atoms with E-state index in [0.717, 1.165) is 66.3 Å². The maximum absolute atomic E-state index is 14.6. The van der Waals surface area contributed by atoms with Gasteiger partial charge in [-0.2, -0.15) is 0 Å². The third-order valence-corrected chi connectivity index (χ3v) is 9.07. The van der Waals surface area contributed by atoms with Crippen LogP contribution < -0.4 is 10.3 Å². The van der Waals surface area contributed by atoms with Gasteiger partial charge >= 0.3 is 0 Å². The van der Waals surface area contributed by atoms with Gasteiger partial charge in [-0.25, -0.2) is 4.98 Å². The Balaban J connectivity index is 1.53. The Morgan fingerprint density at radius 2 is 1.72 bits per heavy atom. The van der Waals surface area contributed by atoms with E-state index in [1.54, 1.807) is 23.8 Å². The topological polar surface area (TPSA) is 61.2 Å². The molecule has 1 saturated carbocycles. The summed E-state index contributed by atoms with van der Waals surface area (Å²) in [4.78, 5) is 33.1. The monoisotopic (exact) mass is 556 g/mol. The largest absolute Gasteiger partial charge is 0.497 e. The van der Waals surface area contributed by atoms with Gasteiger partial charge < -0.3 is 4.74 Å². The first kappa shape index (κ1) is 25.9. The summed E-state index contributed by atoms with van der Waals surface area (Å²) in [5, 5.41) is 0.910. The second kappa shape index (κ2) is 10.7. The molecule has 1 aromatic heterocycles. The number of methoxy groups -OCH3 is 1. The van der Waals surface area contributed by atoms with Crippen LogP contribution in [0.25, 0.3) is 16.9 Å². The number of rotatable bonds is 5. The lowest BCUT2D eigenvalue weighted by Crippen LogP contribution is -2.43. The first-order valence-corrected chi connectivity index (χ1v) is 14.5. The van der Waals surface area contributed by atoms with Crippen molar-refractivity contribution in [3.63, 3.8) is 0 Å². The summed E-state index contributed by atoms with van der Waals surface area (Å²) >= 11 is 7.05. The first-order chi connectivity index (χ1) is 19.0. The van der Waals surface area contributed by atoms with Crippen LogP contribution in [0, 0.1) is 0 Å². The SMILES string of the molecule is COc1ccc(-n2c(SC(=O)Cc3ccc(Cl)cc3)nc3c(c2=O)C2(CCCCC2)Cc2ccccc2-3)cc1. The smallest absolute Gasteiger partial charge is 0.263 e. The molecule has 2 aliphatic carbocycles. The third-order valence-electron chi connectivity index (χ3n) is 7.99. The van der Waals surface area contributed by atoms with Crippen molar-refractivity contribution >= 4 is 28.5 Å². The summed E-state index contributed by atoms with van der Waals surface area (Å²) in [6.45, 7) is 0. The van der Waals surface area contributed by atoms with Gasteiger partial charge in [0.2, 0.25) is 5.12 Å². The second-order valence-corrected chi connectivity index (χ2v) is 11.9. The van der Waals surface area contributed by atoms with Crippen molar-refractivity contribution in [3.8, 4) is 22.7 Å². The van der Waals surface area contributed by atoms with E-state index in [9.17, 15) is 9.59 Å². The predicted octanol–water partition coefficient (Wildman–Crippen LogP) is 7.18. The standard InChI is InChI=1S/C32H29ClN2O3S/c1-38-25-15-13-24(14-16-25)35-30(37)28-29(34-31(35)39-27(36)19-21-9-11-23(33)12-10-21)26-8-4-3-7-22(26)20-32(28)17-5-2-6-18-32/h3-4,7-16H,2,5-6,17-20H2,1H3. The Morgan fingerprint density at radius 3 is 2.44 bits per heavy atom. The zero-order chi connectivity index (χ0) is 27.0. The summed E-state index contributed by atoms with van der Waals surface area (Å²) < 4.78 is 6.98. The number of thioether (sulfide) groups is 1. The van der Waals surface area contributed by atoms with E-state index in [4.69, 9.17) is 21.3 Å². The molecule has 0 N–H and O–H groups in total. The molecule has 1 spiro atoms. The molecule has 0 amide bonds. The fraction of sp³-hybridized carbons (Fsp3) is 0.281. The fourth-order valence-electron chi connectivity index (χ4n) is 6.12. The molecule has 7 heteroatoms. The summed E-state index contributed by atoms with van der Waals surface area (Å²) in [6.07, 6.45) is 6.37. The van der Waals surface area contributed by atoms with Gasteiger partial charge in [-0.15, -0.1) is 0 Å². The number of hydrogen-bond acceptors (Lipinski definition) is 5. The number of ether oxygens (including phenoxy) is 1. The van der Waals surface area contributed by atoms with E-state index in [1.807, 2.05) is 42.5 Å². The van der Waals surface area contributed by atoms with Gasteiger partial charge in [0.15, 0.2) is 5.16 Å². The molecule has 39 heavy (non-hydrogen) atoms. The second-order valence-electron chi connectivity index (χ2n) is 10.4. The maximum Gasteiger partial charge on any atom is 0.263 e. The zero-order valence-corrected chi connectivity index (χ0v) is 23.4. The lowest BCUT2D eigenvalue weighted by Gasteiger charge is -2.42. The number of halogens is 1. The highest BCUT2D eigenvalue weighted by atomic mass is 35.5. The lowest BCUT2D eigenvalue weighted by atomic mass is 9.62. The van der Waals surface area contributed by atoms with Gasteiger partial charge in [0.1, 0.15) is 5.75 Å². The molecule has 6 rings (SSSR count). The fourth-order valence-corrected chi connectivity index (χ4v) is 7.11. The number of aromatic nitrogens is 2. The normalized spacial score (nSPS) is 15.4. The summed E-state index contributed by atoms with van der Waals surface area (Å²) in [6, 6.07) is 22.9. The van der Waals surface area contributed by atoms with Crippen LogP contribution >= 0.6 is 23.4 Å². The van der Waals surface area contributed by atoms with Crippen molar-refractivity contribution in [1.82, 2.24) is 9.55 Å². The van der Waals surface area contributed by atoms with Crippen molar-refractivity contribution in [2.75, 3.05) is 7.11 Å². The molecular weight excluding hydrogens is 528 g/mol. The highest BCUT2D eigenvalue weighted by molar-refractivity contribution is 8.13. The van der Waals surface area contributed by atoms with Gasteiger partial charge in [0.05, 0.1) is 24.1 Å². The highest BCUT2D eigenvalue weighted by Crippen LogP contribution is 2.49. The van der Waals surface area contributed by atoms with E-state index >= 15 is 0 Å². The van der Waals surface area contributed by atoms with Crippen molar-refractivity contribution in [2.24, 2.45) is 0 Å². The average Bonchev–Trinajstić information content (AvgIpc) is 2.95. The van der Waals surface area contributed by atoms with E-state index in [0.29, 0.717) is 21.6 Å². The molecular formula is C32H29ClN2O3S. The number of nitrogens with zero attached hydrogens (tertiary/aromatic N) is 2. The van der Waals surface area contributed by atoms with Crippen LogP contribution in [-0.4, -0.2) is 21.8 Å². The van der Waals surface area contributed by atoms with Crippen molar-refractivity contribution in [1.29, 1.82) is 0 Å². The van der Waals surface area contributed by atoms with Crippen molar-refractivity contribution in [2.45, 2.75) is 55.5 Å². The average molecular weight is 557 g/mol. The third kappa shape index (κ3) is 4.92. The molecule has 2 aliphatic rings. The minimum Gasteiger partial charge on any atom is -0.497 e. The van der Waals surface area contributed by atoms with Gasteiger partial charge in [0.25, 0.3) is 5.56 Å². The van der Waals surface area contributed by atoms with Gasteiger partial charge in [-0.3, -0.25) is 14.2 Å². The lowest BCUT2D eigenvalue weighted by molar-refractivity contribution is -0.110. The van der Waals surface area contributed by atoms with E-state index in [-0.39, 0.29) is 22.5 Å². The number of carbonyl (C=O) groups is 1. The molecule has 0 bridgehead atoms. The highest BCUT2D eigenvalue weighted by Gasteiger charge is 2.43. The Labute approximate surface area is 237 Å². The first-order valence-electron chi connectivity index (χ1n) is 13.3. The number of hydrogen-bond donors (Lipinski definition) is 0. The van der Waals surface area contributed by atoms with Gasteiger partial charge in [-0.1, -0.05) is 67.3 Å². The molecule has 0 saturated heterocycles. The number of carbonyl (C=O) groups excluding carboxylic acids is 1. The molecule has 1 fully saturated rings. The Hall–Kier alpha value is -3.35. The van der Waals surface area contributed by atoms with Crippen LogP contribution in [0.5, 0.6) is 5.75 Å². The molecule has 0 aliphatic heterocycles. The Kier molecular flexibility index (Phi) is 7.08. The molecule has 0 atom stereocenters. The van der Waals surface area contributed by atoms with E-state index < -0.39 is 0 Å². The maximum atomic E-state index is 14.6. The van der Waals surface area contributed by atoms with Crippen LogP contribution in [0.3, 0.4) is 0 Å². The van der Waals surface area contributed by atoms with Crippen LogP contribution in [0.4, 0.5) is 0 Å². The summed E-state index contributed by atoms with van der Waals surface area (Å²) in [5.74, 6) is 0.698. The van der Waals surface area contributed by atoms with Crippen LogP contribution in [0.1, 0.15) is 48.8 Å². The molecule has 0 unspecified atom stereocenters.